The highest BCUT2D eigenvalue weighted by atomic mass is 79.9. The van der Waals surface area contributed by atoms with Crippen LogP contribution in [-0.4, -0.2) is 18.4 Å². The lowest BCUT2D eigenvalue weighted by Crippen LogP contribution is -2.15. The molecular formula is C10H10BrN5O2S. The molecule has 2 rings (SSSR count). The van der Waals surface area contributed by atoms with Gasteiger partial charge in [0.25, 0.3) is 10.0 Å². The van der Waals surface area contributed by atoms with Gasteiger partial charge in [0.05, 0.1) is 9.37 Å². The summed E-state index contributed by atoms with van der Waals surface area (Å²) < 4.78 is 27.2. The minimum absolute atomic E-state index is 0.0352. The monoisotopic (exact) mass is 343 g/mol. The molecule has 0 amide bonds. The third kappa shape index (κ3) is 3.19. The molecule has 0 spiro atoms. The van der Waals surface area contributed by atoms with E-state index in [1.54, 1.807) is 12.1 Å². The van der Waals surface area contributed by atoms with Crippen LogP contribution < -0.4 is 16.0 Å². The highest BCUT2D eigenvalue weighted by molar-refractivity contribution is 9.10. The number of hydrazine groups is 1. The Bertz CT molecular complexity index is 692. The van der Waals surface area contributed by atoms with Crippen LogP contribution in [0.25, 0.3) is 0 Å². The summed E-state index contributed by atoms with van der Waals surface area (Å²) in [5.74, 6) is 5.65. The maximum absolute atomic E-state index is 12.2. The lowest BCUT2D eigenvalue weighted by atomic mass is 10.5. The van der Waals surface area contributed by atoms with E-state index in [1.807, 2.05) is 0 Å². The van der Waals surface area contributed by atoms with Crippen LogP contribution in [0.1, 0.15) is 0 Å². The van der Waals surface area contributed by atoms with Gasteiger partial charge < -0.3 is 5.43 Å². The Kier molecular flexibility index (Phi) is 3.98. The van der Waals surface area contributed by atoms with Gasteiger partial charge in [0.15, 0.2) is 5.82 Å². The van der Waals surface area contributed by atoms with Crippen LogP contribution in [0.4, 0.5) is 11.6 Å². The Labute approximate surface area is 118 Å². The molecule has 0 saturated heterocycles. The van der Waals surface area contributed by atoms with E-state index in [9.17, 15) is 8.42 Å². The smallest absolute Gasteiger partial charge is 0.263 e. The first-order chi connectivity index (χ1) is 9.03. The molecule has 2 aromatic heterocycles. The number of nitrogens with one attached hydrogen (secondary N) is 2. The molecule has 0 radical (unpaired) electrons. The summed E-state index contributed by atoms with van der Waals surface area (Å²) in [5, 5.41) is 0. The zero-order chi connectivity index (χ0) is 13.9. The first kappa shape index (κ1) is 13.7. The zero-order valence-corrected chi connectivity index (χ0v) is 11.9. The molecule has 9 heteroatoms. The normalized spacial score (nSPS) is 11.1. The number of aromatic nitrogens is 2. The topological polar surface area (TPSA) is 110 Å². The number of anilines is 2. The fraction of sp³-hybridized carbons (Fsp3) is 0. The van der Waals surface area contributed by atoms with Crippen LogP contribution in [0.15, 0.2) is 46.0 Å². The largest absolute Gasteiger partial charge is 0.308 e. The average Bonchev–Trinajstić information content (AvgIpc) is 2.41. The Morgan fingerprint density at radius 2 is 2.00 bits per heavy atom. The number of nitrogens with two attached hydrogens (primary N) is 1. The van der Waals surface area contributed by atoms with Crippen molar-refractivity contribution in [1.29, 1.82) is 0 Å². The summed E-state index contributed by atoms with van der Waals surface area (Å²) in [6.45, 7) is 0. The van der Waals surface area contributed by atoms with Gasteiger partial charge >= 0.3 is 0 Å². The lowest BCUT2D eigenvalue weighted by Gasteiger charge is -2.09. The van der Waals surface area contributed by atoms with Crippen LogP contribution in [0.2, 0.25) is 0 Å². The molecule has 19 heavy (non-hydrogen) atoms. The number of rotatable bonds is 4. The molecule has 0 fully saturated rings. The van der Waals surface area contributed by atoms with Gasteiger partial charge in [-0.3, -0.25) is 4.72 Å². The van der Waals surface area contributed by atoms with Gasteiger partial charge in [-0.2, -0.15) is 0 Å². The van der Waals surface area contributed by atoms with Crippen molar-refractivity contribution < 1.29 is 8.42 Å². The van der Waals surface area contributed by atoms with E-state index in [0.717, 1.165) is 0 Å². The van der Waals surface area contributed by atoms with Gasteiger partial charge in [0.2, 0.25) is 0 Å². The Morgan fingerprint density at radius 3 is 2.68 bits per heavy atom. The van der Waals surface area contributed by atoms with Crippen LogP contribution >= 0.6 is 15.9 Å². The lowest BCUT2D eigenvalue weighted by molar-refractivity contribution is 0.601. The minimum atomic E-state index is -3.75. The van der Waals surface area contributed by atoms with Crippen molar-refractivity contribution in [2.75, 3.05) is 10.1 Å². The molecule has 0 aromatic carbocycles. The van der Waals surface area contributed by atoms with E-state index in [2.05, 4.69) is 36.0 Å². The van der Waals surface area contributed by atoms with Crippen molar-refractivity contribution in [2.45, 2.75) is 4.90 Å². The van der Waals surface area contributed by atoms with E-state index < -0.39 is 10.0 Å². The van der Waals surface area contributed by atoms with E-state index >= 15 is 0 Å². The van der Waals surface area contributed by atoms with Crippen molar-refractivity contribution in [3.8, 4) is 0 Å². The second-order valence-electron chi connectivity index (χ2n) is 3.46. The predicted octanol–water partition coefficient (Wildman–Crippen LogP) is 1.33. The van der Waals surface area contributed by atoms with Gasteiger partial charge in [-0.1, -0.05) is 0 Å². The molecule has 2 aromatic rings. The molecule has 2 heterocycles. The van der Waals surface area contributed by atoms with E-state index in [1.165, 1.54) is 24.5 Å². The van der Waals surface area contributed by atoms with E-state index in [4.69, 9.17) is 5.84 Å². The zero-order valence-electron chi connectivity index (χ0n) is 9.54. The summed E-state index contributed by atoms with van der Waals surface area (Å²) in [6.07, 6.45) is 2.83. The number of hydrogen-bond acceptors (Lipinski definition) is 6. The Morgan fingerprint density at radius 1 is 1.21 bits per heavy atom. The SMILES string of the molecule is NNc1cc(S(=O)(=O)Nc2ncccc2Br)ccn1. The number of nitrogen functional groups attached to an aromatic ring is 1. The fourth-order valence-electron chi connectivity index (χ4n) is 1.30. The van der Waals surface area contributed by atoms with Crippen molar-refractivity contribution in [2.24, 2.45) is 5.84 Å². The number of nitrogens with zero attached hydrogens (tertiary/aromatic N) is 2. The van der Waals surface area contributed by atoms with E-state index in [-0.39, 0.29) is 16.5 Å². The maximum atomic E-state index is 12.2. The molecule has 0 aliphatic carbocycles. The molecule has 0 aliphatic rings. The molecule has 0 aliphatic heterocycles. The fourth-order valence-corrected chi connectivity index (χ4v) is 2.83. The number of sulfonamides is 1. The minimum Gasteiger partial charge on any atom is -0.308 e. The van der Waals surface area contributed by atoms with Crippen molar-refractivity contribution in [3.63, 3.8) is 0 Å². The van der Waals surface area contributed by atoms with Crippen molar-refractivity contribution in [1.82, 2.24) is 9.97 Å². The van der Waals surface area contributed by atoms with Gasteiger partial charge in [-0.15, -0.1) is 0 Å². The van der Waals surface area contributed by atoms with Crippen LogP contribution in [0, 0.1) is 0 Å². The number of hydrogen-bond donors (Lipinski definition) is 3. The second-order valence-corrected chi connectivity index (χ2v) is 6.00. The molecule has 0 unspecified atom stereocenters. The van der Waals surface area contributed by atoms with Crippen LogP contribution in [0.5, 0.6) is 0 Å². The summed E-state index contributed by atoms with van der Waals surface area (Å²) in [5.41, 5.74) is 2.29. The van der Waals surface area contributed by atoms with Crippen molar-refractivity contribution in [3.05, 3.63) is 41.1 Å². The molecule has 4 N–H and O–H groups in total. The van der Waals surface area contributed by atoms with Crippen LogP contribution in [0.3, 0.4) is 0 Å². The Balaban J connectivity index is 2.35. The summed E-state index contributed by atoms with van der Waals surface area (Å²) in [7, 11) is -3.75. The maximum Gasteiger partial charge on any atom is 0.263 e. The first-order valence-electron chi connectivity index (χ1n) is 5.09. The molecule has 0 saturated carbocycles. The van der Waals surface area contributed by atoms with E-state index in [0.29, 0.717) is 4.47 Å². The third-order valence-electron chi connectivity index (χ3n) is 2.18. The molecule has 0 atom stereocenters. The number of pyridine rings is 2. The highest BCUT2D eigenvalue weighted by Gasteiger charge is 2.16. The second kappa shape index (κ2) is 5.51. The highest BCUT2D eigenvalue weighted by Crippen LogP contribution is 2.22. The average molecular weight is 344 g/mol. The van der Waals surface area contributed by atoms with Gasteiger partial charge in [-0.05, 0) is 34.1 Å². The van der Waals surface area contributed by atoms with Gasteiger partial charge in [0.1, 0.15) is 5.82 Å². The Hall–Kier alpha value is -1.71. The quantitative estimate of drug-likeness (QED) is 0.570. The number of halogens is 1. The molecule has 0 bridgehead atoms. The summed E-state index contributed by atoms with van der Waals surface area (Å²) in [4.78, 5) is 7.82. The molecule has 7 nitrogen and oxygen atoms in total. The standard InChI is InChI=1S/C10H10BrN5O2S/c11-8-2-1-4-14-10(8)16-19(17,18)7-3-5-13-9(6-7)15-12/h1-6H,12H2,(H,13,15)(H,14,16). The summed E-state index contributed by atoms with van der Waals surface area (Å²) >= 11 is 3.22. The molecular weight excluding hydrogens is 334 g/mol. The molecule has 100 valence electrons. The van der Waals surface area contributed by atoms with Crippen LogP contribution in [-0.2, 0) is 10.0 Å². The third-order valence-corrected chi connectivity index (χ3v) is 4.16. The summed E-state index contributed by atoms with van der Waals surface area (Å²) in [6, 6.07) is 6.05. The van der Waals surface area contributed by atoms with Gasteiger partial charge in [-0.25, -0.2) is 24.2 Å². The predicted molar refractivity (Wildman–Crippen MR) is 74.8 cm³/mol. The first-order valence-corrected chi connectivity index (χ1v) is 7.36. The van der Waals surface area contributed by atoms with Gasteiger partial charge in [0, 0.05) is 18.5 Å². The van der Waals surface area contributed by atoms with Crippen molar-refractivity contribution >= 4 is 37.6 Å².